The molecule has 1 aliphatic heterocycles. The molecule has 0 spiro atoms. The number of carbonyl (C=O) groups excluding carboxylic acids is 1. The van der Waals surface area contributed by atoms with Crippen LogP contribution in [0.2, 0.25) is 0 Å². The summed E-state index contributed by atoms with van der Waals surface area (Å²) in [6.07, 6.45) is 2.28. The van der Waals surface area contributed by atoms with Gasteiger partial charge in [-0.1, -0.05) is 18.2 Å². The van der Waals surface area contributed by atoms with Crippen molar-refractivity contribution in [1.29, 1.82) is 0 Å². The van der Waals surface area contributed by atoms with Crippen molar-refractivity contribution in [3.8, 4) is 5.75 Å². The summed E-state index contributed by atoms with van der Waals surface area (Å²) in [5, 5.41) is 4.66. The SMILES string of the molecule is COc1cc2c(cc1NC(=O)C1CCCN1S(C)(=O)=O)oc1ccccc12. The maximum Gasteiger partial charge on any atom is 0.242 e. The average molecular weight is 388 g/mol. The van der Waals surface area contributed by atoms with Gasteiger partial charge in [-0.25, -0.2) is 8.42 Å². The molecule has 1 atom stereocenters. The topological polar surface area (TPSA) is 88.9 Å². The van der Waals surface area contributed by atoms with Crippen LogP contribution < -0.4 is 10.1 Å². The number of ether oxygens (including phenoxy) is 1. The van der Waals surface area contributed by atoms with Gasteiger partial charge in [-0.15, -0.1) is 0 Å². The standard InChI is InChI=1S/C19H20N2O5S/c1-25-18-10-13-12-6-3-4-8-16(12)26-17(13)11-14(18)20-19(22)15-7-5-9-21(15)27(2,23)24/h3-4,6,8,10-11,15H,5,7,9H2,1-2H3,(H,20,22). The molecule has 2 heterocycles. The van der Waals surface area contributed by atoms with Gasteiger partial charge in [-0.3, -0.25) is 4.79 Å². The van der Waals surface area contributed by atoms with Crippen molar-refractivity contribution < 1.29 is 22.4 Å². The number of nitrogens with zero attached hydrogens (tertiary/aromatic N) is 1. The Kier molecular flexibility index (Phi) is 4.32. The molecule has 0 aliphatic carbocycles. The van der Waals surface area contributed by atoms with E-state index < -0.39 is 16.1 Å². The van der Waals surface area contributed by atoms with E-state index in [4.69, 9.17) is 9.15 Å². The molecule has 1 N–H and O–H groups in total. The minimum Gasteiger partial charge on any atom is -0.495 e. The van der Waals surface area contributed by atoms with Crippen LogP contribution in [-0.2, 0) is 14.8 Å². The minimum absolute atomic E-state index is 0.358. The van der Waals surface area contributed by atoms with E-state index in [1.54, 1.807) is 6.07 Å². The Labute approximate surface area is 156 Å². The third-order valence-corrected chi connectivity index (χ3v) is 6.18. The van der Waals surface area contributed by atoms with E-state index in [-0.39, 0.29) is 5.91 Å². The molecule has 1 saturated heterocycles. The summed E-state index contributed by atoms with van der Waals surface area (Å²) in [5.41, 5.74) is 1.82. The van der Waals surface area contributed by atoms with Gasteiger partial charge in [-0.2, -0.15) is 4.31 Å². The maximum absolute atomic E-state index is 12.7. The Morgan fingerprint density at radius 1 is 1.22 bits per heavy atom. The molecule has 0 saturated carbocycles. The van der Waals surface area contributed by atoms with Crippen molar-refractivity contribution in [1.82, 2.24) is 4.31 Å². The summed E-state index contributed by atoms with van der Waals surface area (Å²) in [6.45, 7) is 0.358. The zero-order valence-corrected chi connectivity index (χ0v) is 15.9. The summed E-state index contributed by atoms with van der Waals surface area (Å²) in [6, 6.07) is 10.5. The molecule has 1 unspecified atom stereocenters. The minimum atomic E-state index is -3.43. The molecule has 4 rings (SSSR count). The Bertz CT molecular complexity index is 1140. The lowest BCUT2D eigenvalue weighted by atomic mass is 10.1. The van der Waals surface area contributed by atoms with E-state index in [9.17, 15) is 13.2 Å². The molecule has 3 aromatic rings. The average Bonchev–Trinajstić information content (AvgIpc) is 3.25. The highest BCUT2D eigenvalue weighted by Crippen LogP contribution is 2.36. The first kappa shape index (κ1) is 17.8. The van der Waals surface area contributed by atoms with Crippen molar-refractivity contribution in [2.24, 2.45) is 0 Å². The van der Waals surface area contributed by atoms with Crippen molar-refractivity contribution in [3.05, 3.63) is 36.4 Å². The number of nitrogens with one attached hydrogen (secondary N) is 1. The zero-order chi connectivity index (χ0) is 19.2. The number of fused-ring (bicyclic) bond motifs is 3. The van der Waals surface area contributed by atoms with Crippen LogP contribution in [0.3, 0.4) is 0 Å². The van der Waals surface area contributed by atoms with Gasteiger partial charge in [0, 0.05) is 23.4 Å². The highest BCUT2D eigenvalue weighted by Gasteiger charge is 2.36. The van der Waals surface area contributed by atoms with Crippen molar-refractivity contribution in [2.45, 2.75) is 18.9 Å². The van der Waals surface area contributed by atoms with Gasteiger partial charge in [-0.05, 0) is 25.0 Å². The second-order valence-corrected chi connectivity index (χ2v) is 8.60. The molecule has 1 amide bonds. The van der Waals surface area contributed by atoms with Crippen LogP contribution in [0.4, 0.5) is 5.69 Å². The number of methoxy groups -OCH3 is 1. The van der Waals surface area contributed by atoms with E-state index in [1.807, 2.05) is 30.3 Å². The van der Waals surface area contributed by atoms with Crippen molar-refractivity contribution in [3.63, 3.8) is 0 Å². The maximum atomic E-state index is 12.7. The van der Waals surface area contributed by atoms with Gasteiger partial charge in [0.15, 0.2) is 0 Å². The van der Waals surface area contributed by atoms with Gasteiger partial charge in [0.25, 0.3) is 0 Å². The number of para-hydroxylation sites is 1. The van der Waals surface area contributed by atoms with E-state index in [0.29, 0.717) is 36.4 Å². The molecule has 8 heteroatoms. The van der Waals surface area contributed by atoms with Crippen LogP contribution in [0.1, 0.15) is 12.8 Å². The van der Waals surface area contributed by atoms with E-state index in [0.717, 1.165) is 22.6 Å². The fourth-order valence-corrected chi connectivity index (χ4v) is 4.76. The van der Waals surface area contributed by atoms with Crippen LogP contribution in [0.5, 0.6) is 5.75 Å². The second-order valence-electron chi connectivity index (χ2n) is 6.67. The van der Waals surface area contributed by atoms with Crippen LogP contribution >= 0.6 is 0 Å². The predicted molar refractivity (Wildman–Crippen MR) is 103 cm³/mol. The number of rotatable bonds is 4. The van der Waals surface area contributed by atoms with E-state index in [1.165, 1.54) is 11.4 Å². The van der Waals surface area contributed by atoms with E-state index >= 15 is 0 Å². The molecule has 27 heavy (non-hydrogen) atoms. The van der Waals surface area contributed by atoms with Gasteiger partial charge in [0.2, 0.25) is 15.9 Å². The van der Waals surface area contributed by atoms with Crippen LogP contribution in [0.25, 0.3) is 21.9 Å². The molecular formula is C19H20N2O5S. The summed E-state index contributed by atoms with van der Waals surface area (Å²) in [4.78, 5) is 12.7. The van der Waals surface area contributed by atoms with Crippen molar-refractivity contribution >= 4 is 43.6 Å². The molecule has 7 nitrogen and oxygen atoms in total. The number of hydrogen-bond acceptors (Lipinski definition) is 5. The Morgan fingerprint density at radius 2 is 2.00 bits per heavy atom. The number of carbonyl (C=O) groups is 1. The number of hydrogen-bond donors (Lipinski definition) is 1. The lowest BCUT2D eigenvalue weighted by molar-refractivity contribution is -0.119. The smallest absolute Gasteiger partial charge is 0.242 e. The highest BCUT2D eigenvalue weighted by molar-refractivity contribution is 7.88. The summed E-state index contributed by atoms with van der Waals surface area (Å²) in [7, 11) is -1.91. The quantitative estimate of drug-likeness (QED) is 0.742. The van der Waals surface area contributed by atoms with Crippen LogP contribution in [0, 0.1) is 0 Å². The molecule has 1 fully saturated rings. The van der Waals surface area contributed by atoms with Crippen molar-refractivity contribution in [2.75, 3.05) is 25.2 Å². The number of amides is 1. The van der Waals surface area contributed by atoms with Crippen LogP contribution in [0.15, 0.2) is 40.8 Å². The van der Waals surface area contributed by atoms with Gasteiger partial charge >= 0.3 is 0 Å². The monoisotopic (exact) mass is 388 g/mol. The fraction of sp³-hybridized carbons (Fsp3) is 0.316. The molecule has 0 bridgehead atoms. The summed E-state index contributed by atoms with van der Waals surface area (Å²) in [5.74, 6) is 0.123. The van der Waals surface area contributed by atoms with Gasteiger partial charge in [0.05, 0.1) is 19.1 Å². The molecule has 1 aliphatic rings. The molecule has 142 valence electrons. The first-order valence-electron chi connectivity index (χ1n) is 8.65. The molecule has 1 aromatic heterocycles. The first-order chi connectivity index (χ1) is 12.9. The lowest BCUT2D eigenvalue weighted by Crippen LogP contribution is -2.42. The summed E-state index contributed by atoms with van der Waals surface area (Å²) >= 11 is 0. The molecular weight excluding hydrogens is 368 g/mol. The Morgan fingerprint density at radius 3 is 2.74 bits per heavy atom. The number of anilines is 1. The number of furan rings is 1. The lowest BCUT2D eigenvalue weighted by Gasteiger charge is -2.21. The zero-order valence-electron chi connectivity index (χ0n) is 15.1. The first-order valence-corrected chi connectivity index (χ1v) is 10.5. The Balaban J connectivity index is 1.71. The van der Waals surface area contributed by atoms with Crippen LogP contribution in [-0.4, -0.2) is 44.6 Å². The molecule has 2 aromatic carbocycles. The Hall–Kier alpha value is -2.58. The fourth-order valence-electron chi connectivity index (χ4n) is 3.63. The number of benzene rings is 2. The predicted octanol–water partition coefficient (Wildman–Crippen LogP) is 2.96. The third-order valence-electron chi connectivity index (χ3n) is 4.89. The number of sulfonamides is 1. The second kappa shape index (κ2) is 6.54. The molecule has 0 radical (unpaired) electrons. The summed E-state index contributed by atoms with van der Waals surface area (Å²) < 4.78 is 36.4. The highest BCUT2D eigenvalue weighted by atomic mass is 32.2. The van der Waals surface area contributed by atoms with Gasteiger partial charge < -0.3 is 14.5 Å². The third kappa shape index (κ3) is 3.15. The van der Waals surface area contributed by atoms with Gasteiger partial charge in [0.1, 0.15) is 23.0 Å². The normalized spacial score (nSPS) is 18.2. The largest absolute Gasteiger partial charge is 0.495 e. The van der Waals surface area contributed by atoms with E-state index in [2.05, 4.69) is 5.32 Å².